The van der Waals surface area contributed by atoms with Crippen molar-refractivity contribution >= 4 is 78.8 Å². The van der Waals surface area contributed by atoms with Crippen LogP contribution in [0.1, 0.15) is 78.0 Å². The standard InChI is InChI=1S/C67H59BN2/c1-43(2)45-36-46(38-48(37-45)64-55-30-20-18-28-53(55)63(44-22-12-9-13-23-44)54-29-19-21-31-56(54)64)47-39-61-65-62(40-47)70(52-26-16-11-17-27-52)60-42-50(67(6,7)8)33-35-58(60)68(65)57-34-32-49(66(3,4)5)41-59(57)69(61)51-24-14-10-15-25-51/h9-43H,1-8H3. The number of hydrogen-bond acceptors (Lipinski definition) is 2. The van der Waals surface area contributed by atoms with Gasteiger partial charge in [-0.1, -0.05) is 207 Å². The fraction of sp³-hybridized carbons (Fsp3) is 0.164. The van der Waals surface area contributed by atoms with Crippen LogP contribution in [0.2, 0.25) is 0 Å². The molecule has 2 aliphatic rings. The fourth-order valence-electron chi connectivity index (χ4n) is 11.5. The van der Waals surface area contributed by atoms with E-state index in [2.05, 4.69) is 271 Å². The van der Waals surface area contributed by atoms with Gasteiger partial charge in [0.2, 0.25) is 0 Å². The summed E-state index contributed by atoms with van der Waals surface area (Å²) < 4.78 is 0. The fourth-order valence-corrected chi connectivity index (χ4v) is 11.5. The van der Waals surface area contributed by atoms with Crippen LogP contribution in [0.5, 0.6) is 0 Å². The zero-order valence-electron chi connectivity index (χ0n) is 41.7. The van der Waals surface area contributed by atoms with Gasteiger partial charge >= 0.3 is 0 Å². The van der Waals surface area contributed by atoms with Crippen LogP contribution in [-0.2, 0) is 10.8 Å². The molecule has 70 heavy (non-hydrogen) atoms. The largest absolute Gasteiger partial charge is 0.311 e. The molecule has 0 amide bonds. The molecule has 0 aromatic heterocycles. The van der Waals surface area contributed by atoms with E-state index in [9.17, 15) is 0 Å². The van der Waals surface area contributed by atoms with E-state index in [0.717, 1.165) is 11.4 Å². The van der Waals surface area contributed by atoms with E-state index in [0.29, 0.717) is 5.92 Å². The lowest BCUT2D eigenvalue weighted by Crippen LogP contribution is -2.61. The molecule has 10 aromatic carbocycles. The molecular formula is C67H59BN2. The first-order valence-electron chi connectivity index (χ1n) is 25.2. The molecule has 3 heteroatoms. The Balaban J connectivity index is 1.19. The van der Waals surface area contributed by atoms with Gasteiger partial charge in [0.15, 0.2) is 0 Å². The van der Waals surface area contributed by atoms with E-state index in [1.165, 1.54) is 111 Å². The minimum absolute atomic E-state index is 0.0189. The van der Waals surface area contributed by atoms with Crippen LogP contribution in [0.25, 0.3) is 54.9 Å². The average Bonchev–Trinajstić information content (AvgIpc) is 3.37. The molecule has 0 saturated carbocycles. The van der Waals surface area contributed by atoms with Crippen LogP contribution < -0.4 is 26.2 Å². The number of para-hydroxylation sites is 2. The van der Waals surface area contributed by atoms with Gasteiger partial charge in [-0.15, -0.1) is 0 Å². The summed E-state index contributed by atoms with van der Waals surface area (Å²) in [6, 6.07) is 78.1. The van der Waals surface area contributed by atoms with Crippen molar-refractivity contribution in [2.24, 2.45) is 0 Å². The van der Waals surface area contributed by atoms with E-state index < -0.39 is 0 Å². The number of nitrogens with zero attached hydrogens (tertiary/aromatic N) is 2. The van der Waals surface area contributed by atoms with Crippen molar-refractivity contribution in [3.05, 3.63) is 223 Å². The summed E-state index contributed by atoms with van der Waals surface area (Å²) in [6.07, 6.45) is 0. The van der Waals surface area contributed by atoms with Gasteiger partial charge in [-0.05, 0) is 159 Å². The molecule has 0 N–H and O–H groups in total. The van der Waals surface area contributed by atoms with Crippen molar-refractivity contribution < 1.29 is 0 Å². The van der Waals surface area contributed by atoms with Gasteiger partial charge in [-0.2, -0.15) is 0 Å². The minimum atomic E-state index is -0.0395. The van der Waals surface area contributed by atoms with Crippen LogP contribution in [0.15, 0.2) is 206 Å². The summed E-state index contributed by atoms with van der Waals surface area (Å²) in [5.41, 5.74) is 22.5. The van der Waals surface area contributed by atoms with Crippen LogP contribution in [0.4, 0.5) is 34.1 Å². The molecule has 0 aliphatic carbocycles. The number of hydrogen-bond donors (Lipinski definition) is 0. The minimum Gasteiger partial charge on any atom is -0.311 e. The zero-order valence-corrected chi connectivity index (χ0v) is 41.7. The molecule has 2 nitrogen and oxygen atoms in total. The first-order valence-corrected chi connectivity index (χ1v) is 25.2. The summed E-state index contributed by atoms with van der Waals surface area (Å²) in [5.74, 6) is 0.298. The van der Waals surface area contributed by atoms with Crippen molar-refractivity contribution in [1.29, 1.82) is 0 Å². The van der Waals surface area contributed by atoms with Crippen molar-refractivity contribution in [2.75, 3.05) is 9.80 Å². The van der Waals surface area contributed by atoms with Crippen molar-refractivity contribution in [3.8, 4) is 33.4 Å². The second-order valence-electron chi connectivity index (χ2n) is 22.0. The Kier molecular flexibility index (Phi) is 10.3. The summed E-state index contributed by atoms with van der Waals surface area (Å²) in [4.78, 5) is 5.13. The normalized spacial score (nSPS) is 13.2. The summed E-state index contributed by atoms with van der Waals surface area (Å²) in [7, 11) is 0. The summed E-state index contributed by atoms with van der Waals surface area (Å²) in [6.45, 7) is 18.7. The Morgan fingerprint density at radius 3 is 1.17 bits per heavy atom. The zero-order chi connectivity index (χ0) is 48.1. The maximum Gasteiger partial charge on any atom is 0.252 e. The number of benzene rings is 10. The lowest BCUT2D eigenvalue weighted by molar-refractivity contribution is 0.590. The van der Waals surface area contributed by atoms with E-state index >= 15 is 0 Å². The average molecular weight is 903 g/mol. The van der Waals surface area contributed by atoms with Gasteiger partial charge < -0.3 is 9.80 Å². The van der Waals surface area contributed by atoms with Gasteiger partial charge in [0.1, 0.15) is 0 Å². The van der Waals surface area contributed by atoms with Gasteiger partial charge in [0, 0.05) is 34.1 Å². The number of rotatable bonds is 6. The Labute approximate surface area is 415 Å². The Hall–Kier alpha value is -7.62. The second-order valence-corrected chi connectivity index (χ2v) is 22.0. The Morgan fingerprint density at radius 2 is 0.743 bits per heavy atom. The van der Waals surface area contributed by atoms with E-state index in [-0.39, 0.29) is 17.5 Å². The van der Waals surface area contributed by atoms with E-state index in [1.54, 1.807) is 0 Å². The maximum absolute atomic E-state index is 2.57. The third kappa shape index (κ3) is 7.17. The van der Waals surface area contributed by atoms with Crippen molar-refractivity contribution in [3.63, 3.8) is 0 Å². The molecule has 0 atom stereocenters. The van der Waals surface area contributed by atoms with E-state index in [1.807, 2.05) is 0 Å². The van der Waals surface area contributed by atoms with Crippen LogP contribution in [0, 0.1) is 0 Å². The molecule has 340 valence electrons. The molecule has 0 radical (unpaired) electrons. The molecule has 12 rings (SSSR count). The van der Waals surface area contributed by atoms with Gasteiger partial charge in [-0.3, -0.25) is 0 Å². The lowest BCUT2D eigenvalue weighted by atomic mass is 9.33. The molecule has 0 unspecified atom stereocenters. The predicted octanol–water partition coefficient (Wildman–Crippen LogP) is 16.8. The topological polar surface area (TPSA) is 6.48 Å². The SMILES string of the molecule is CC(C)c1cc(-c2cc3c4c(c2)N(c2ccccc2)c2cc(C(C)(C)C)ccc2B4c2ccc(C(C)(C)C)cc2N3c2ccccc2)cc(-c2c3ccccc3c(-c3ccccc3)c3ccccc23)c1. The molecule has 2 aliphatic heterocycles. The monoisotopic (exact) mass is 902 g/mol. The second kappa shape index (κ2) is 16.5. The lowest BCUT2D eigenvalue weighted by Gasteiger charge is -2.45. The highest BCUT2D eigenvalue weighted by atomic mass is 15.2. The molecule has 0 saturated heterocycles. The highest BCUT2D eigenvalue weighted by Gasteiger charge is 2.44. The van der Waals surface area contributed by atoms with Crippen LogP contribution in [0.3, 0.4) is 0 Å². The number of fused-ring (bicyclic) bond motifs is 6. The van der Waals surface area contributed by atoms with Crippen molar-refractivity contribution in [1.82, 2.24) is 0 Å². The maximum atomic E-state index is 2.57. The van der Waals surface area contributed by atoms with Crippen LogP contribution in [-0.4, -0.2) is 6.71 Å². The van der Waals surface area contributed by atoms with Gasteiger partial charge in [0.25, 0.3) is 6.71 Å². The third-order valence-electron chi connectivity index (χ3n) is 15.1. The van der Waals surface area contributed by atoms with Crippen molar-refractivity contribution in [2.45, 2.75) is 72.1 Å². The number of anilines is 6. The van der Waals surface area contributed by atoms with Crippen LogP contribution >= 0.6 is 0 Å². The highest BCUT2D eigenvalue weighted by Crippen LogP contribution is 2.49. The quantitative estimate of drug-likeness (QED) is 0.121. The first kappa shape index (κ1) is 43.7. The molecule has 0 bridgehead atoms. The third-order valence-corrected chi connectivity index (χ3v) is 15.1. The smallest absolute Gasteiger partial charge is 0.252 e. The van der Waals surface area contributed by atoms with Gasteiger partial charge in [-0.25, -0.2) is 0 Å². The molecule has 10 aromatic rings. The van der Waals surface area contributed by atoms with Gasteiger partial charge in [0.05, 0.1) is 0 Å². The van der Waals surface area contributed by atoms with E-state index in [4.69, 9.17) is 0 Å². The molecule has 0 spiro atoms. The molecule has 0 fully saturated rings. The Bertz CT molecular complexity index is 3470. The molecular weight excluding hydrogens is 844 g/mol. The first-order chi connectivity index (χ1) is 33.8. The molecule has 2 heterocycles. The Morgan fingerprint density at radius 1 is 0.357 bits per heavy atom. The summed E-state index contributed by atoms with van der Waals surface area (Å²) >= 11 is 0. The predicted molar refractivity (Wildman–Crippen MR) is 303 cm³/mol. The summed E-state index contributed by atoms with van der Waals surface area (Å²) in [5, 5.41) is 5.06. The highest BCUT2D eigenvalue weighted by molar-refractivity contribution is 7.00.